The van der Waals surface area contributed by atoms with Gasteiger partial charge in [0.2, 0.25) is 0 Å². The summed E-state index contributed by atoms with van der Waals surface area (Å²) in [5.74, 6) is 1.98. The molecule has 9 heteroatoms. The lowest BCUT2D eigenvalue weighted by molar-refractivity contribution is 0.460. The van der Waals surface area contributed by atoms with Gasteiger partial charge in [-0.25, -0.2) is 0 Å². The van der Waals surface area contributed by atoms with Crippen LogP contribution in [0.5, 0.6) is 0 Å². The smallest absolute Gasteiger partial charge is 0.191 e. The Balaban J connectivity index is 1.38. The summed E-state index contributed by atoms with van der Waals surface area (Å²) in [4.78, 5) is 4.33. The van der Waals surface area contributed by atoms with E-state index >= 15 is 0 Å². The zero-order chi connectivity index (χ0) is 21.3. The third kappa shape index (κ3) is 6.00. The summed E-state index contributed by atoms with van der Waals surface area (Å²) in [6, 6.07) is 2.70. The van der Waals surface area contributed by atoms with Gasteiger partial charge >= 0.3 is 0 Å². The maximum absolute atomic E-state index is 4.51. The van der Waals surface area contributed by atoms with Crippen molar-refractivity contribution >= 4 is 17.7 Å². The lowest BCUT2D eigenvalue weighted by Gasteiger charge is -2.16. The SMILES string of the molecule is CN=C(NCCCc1nnc(SC)n1C1CCCC1)NCCCn1nc(C)cc1C. The van der Waals surface area contributed by atoms with Crippen molar-refractivity contribution in [2.75, 3.05) is 26.4 Å². The van der Waals surface area contributed by atoms with Crippen molar-refractivity contribution in [3.05, 3.63) is 23.3 Å². The van der Waals surface area contributed by atoms with Crippen LogP contribution in [0.4, 0.5) is 0 Å². The Morgan fingerprint density at radius 3 is 2.53 bits per heavy atom. The van der Waals surface area contributed by atoms with E-state index in [4.69, 9.17) is 0 Å². The van der Waals surface area contributed by atoms with Gasteiger partial charge in [0.25, 0.3) is 0 Å². The van der Waals surface area contributed by atoms with E-state index in [0.717, 1.165) is 61.5 Å². The Labute approximate surface area is 184 Å². The van der Waals surface area contributed by atoms with E-state index in [1.165, 1.54) is 31.4 Å². The van der Waals surface area contributed by atoms with Gasteiger partial charge in [0.1, 0.15) is 5.82 Å². The number of nitrogens with one attached hydrogen (secondary N) is 2. The van der Waals surface area contributed by atoms with Crippen LogP contribution in [0, 0.1) is 13.8 Å². The number of aliphatic imine (C=N–C) groups is 1. The lowest BCUT2D eigenvalue weighted by Crippen LogP contribution is -2.38. The predicted molar refractivity (Wildman–Crippen MR) is 123 cm³/mol. The minimum absolute atomic E-state index is 0.585. The van der Waals surface area contributed by atoms with Crippen molar-refractivity contribution in [3.8, 4) is 0 Å². The first-order valence-corrected chi connectivity index (χ1v) is 12.3. The van der Waals surface area contributed by atoms with Gasteiger partial charge in [-0.05, 0) is 51.9 Å². The number of hydrogen-bond acceptors (Lipinski definition) is 5. The zero-order valence-corrected chi connectivity index (χ0v) is 19.6. The second-order valence-corrected chi connectivity index (χ2v) is 8.72. The maximum atomic E-state index is 4.51. The Morgan fingerprint density at radius 1 is 1.17 bits per heavy atom. The van der Waals surface area contributed by atoms with Crippen molar-refractivity contribution < 1.29 is 0 Å². The van der Waals surface area contributed by atoms with E-state index in [2.05, 4.69) is 59.4 Å². The summed E-state index contributed by atoms with van der Waals surface area (Å²) in [7, 11) is 1.82. The van der Waals surface area contributed by atoms with Crippen molar-refractivity contribution in [1.29, 1.82) is 0 Å². The highest BCUT2D eigenvalue weighted by Gasteiger charge is 2.23. The first-order chi connectivity index (χ1) is 14.6. The standard InChI is InChI=1S/C21H36N8S/c1-16-15-17(2)28(27-16)14-8-13-24-20(22-3)23-12-7-11-19-25-26-21(30-4)29(19)18-9-5-6-10-18/h15,18H,5-14H2,1-4H3,(H2,22,23,24). The Morgan fingerprint density at radius 2 is 1.90 bits per heavy atom. The molecule has 0 bridgehead atoms. The van der Waals surface area contributed by atoms with E-state index in [0.29, 0.717) is 6.04 Å². The minimum Gasteiger partial charge on any atom is -0.356 e. The molecule has 2 aromatic heterocycles. The van der Waals surface area contributed by atoms with Crippen LogP contribution in [0.2, 0.25) is 0 Å². The van der Waals surface area contributed by atoms with E-state index in [-0.39, 0.29) is 0 Å². The lowest BCUT2D eigenvalue weighted by atomic mass is 10.2. The molecule has 30 heavy (non-hydrogen) atoms. The van der Waals surface area contributed by atoms with E-state index in [1.54, 1.807) is 11.8 Å². The summed E-state index contributed by atoms with van der Waals surface area (Å²) < 4.78 is 4.46. The molecule has 0 radical (unpaired) electrons. The quantitative estimate of drug-likeness (QED) is 0.260. The second-order valence-electron chi connectivity index (χ2n) is 7.94. The average Bonchev–Trinajstić information content (AvgIpc) is 3.46. The summed E-state index contributed by atoms with van der Waals surface area (Å²) in [5.41, 5.74) is 2.29. The molecule has 1 aliphatic rings. The van der Waals surface area contributed by atoms with Crippen LogP contribution in [0.25, 0.3) is 0 Å². The largest absolute Gasteiger partial charge is 0.356 e. The molecule has 0 unspecified atom stereocenters. The van der Waals surface area contributed by atoms with Gasteiger partial charge in [0.15, 0.2) is 11.1 Å². The van der Waals surface area contributed by atoms with Crippen molar-refractivity contribution in [2.45, 2.75) is 76.5 Å². The molecule has 0 saturated heterocycles. The molecule has 2 heterocycles. The third-order valence-corrected chi connectivity index (χ3v) is 6.29. The first-order valence-electron chi connectivity index (χ1n) is 11.1. The normalized spacial score (nSPS) is 15.1. The van der Waals surface area contributed by atoms with Crippen LogP contribution < -0.4 is 10.6 Å². The van der Waals surface area contributed by atoms with Gasteiger partial charge in [-0.2, -0.15) is 5.10 Å². The number of thioether (sulfide) groups is 1. The molecule has 1 saturated carbocycles. The third-order valence-electron chi connectivity index (χ3n) is 5.64. The first kappa shape index (κ1) is 22.7. The highest BCUT2D eigenvalue weighted by atomic mass is 32.2. The number of guanidine groups is 1. The highest BCUT2D eigenvalue weighted by Crippen LogP contribution is 2.33. The summed E-state index contributed by atoms with van der Waals surface area (Å²) in [5, 5.41) is 21.3. The fourth-order valence-corrected chi connectivity index (χ4v) is 4.73. The molecule has 0 aromatic carbocycles. The van der Waals surface area contributed by atoms with Crippen LogP contribution in [-0.4, -0.2) is 56.9 Å². The molecule has 3 rings (SSSR count). The zero-order valence-electron chi connectivity index (χ0n) is 18.8. The molecule has 2 N–H and O–H groups in total. The Hall–Kier alpha value is -2.03. The molecular weight excluding hydrogens is 396 g/mol. The topological polar surface area (TPSA) is 85.0 Å². The van der Waals surface area contributed by atoms with Gasteiger partial charge in [-0.1, -0.05) is 24.6 Å². The molecule has 0 aliphatic heterocycles. The van der Waals surface area contributed by atoms with Gasteiger partial charge in [-0.15, -0.1) is 10.2 Å². The van der Waals surface area contributed by atoms with Crippen LogP contribution >= 0.6 is 11.8 Å². The number of aryl methyl sites for hydroxylation is 4. The van der Waals surface area contributed by atoms with Gasteiger partial charge in [0.05, 0.1) is 5.69 Å². The average molecular weight is 433 g/mol. The molecule has 0 atom stereocenters. The van der Waals surface area contributed by atoms with Crippen LogP contribution in [0.1, 0.15) is 61.8 Å². The monoisotopic (exact) mass is 432 g/mol. The molecule has 2 aromatic rings. The van der Waals surface area contributed by atoms with Crippen LogP contribution in [-0.2, 0) is 13.0 Å². The van der Waals surface area contributed by atoms with Crippen molar-refractivity contribution in [2.24, 2.45) is 4.99 Å². The van der Waals surface area contributed by atoms with Crippen molar-refractivity contribution in [3.63, 3.8) is 0 Å². The Bertz CT molecular complexity index is 819. The van der Waals surface area contributed by atoms with Crippen molar-refractivity contribution in [1.82, 2.24) is 35.2 Å². The molecule has 0 amide bonds. The predicted octanol–water partition coefficient (Wildman–Crippen LogP) is 3.12. The number of hydrogen-bond donors (Lipinski definition) is 2. The summed E-state index contributed by atoms with van der Waals surface area (Å²) in [6.45, 7) is 6.78. The number of aromatic nitrogens is 5. The Kier molecular flexibility index (Phi) is 8.60. The highest BCUT2D eigenvalue weighted by molar-refractivity contribution is 7.98. The van der Waals surface area contributed by atoms with Gasteiger partial charge in [0, 0.05) is 44.8 Å². The summed E-state index contributed by atoms with van der Waals surface area (Å²) in [6.07, 6.45) is 10.2. The van der Waals surface area contributed by atoms with Gasteiger partial charge in [-0.3, -0.25) is 9.67 Å². The maximum Gasteiger partial charge on any atom is 0.191 e. The molecule has 1 aliphatic carbocycles. The molecule has 1 fully saturated rings. The number of rotatable bonds is 10. The van der Waals surface area contributed by atoms with Crippen LogP contribution in [0.3, 0.4) is 0 Å². The minimum atomic E-state index is 0.585. The second kappa shape index (κ2) is 11.4. The fourth-order valence-electron chi connectivity index (χ4n) is 4.16. The molecule has 166 valence electrons. The summed E-state index contributed by atoms with van der Waals surface area (Å²) >= 11 is 1.70. The van der Waals surface area contributed by atoms with E-state index in [1.807, 2.05) is 14.0 Å². The van der Waals surface area contributed by atoms with E-state index < -0.39 is 0 Å². The number of nitrogens with zero attached hydrogens (tertiary/aromatic N) is 6. The molecule has 8 nitrogen and oxygen atoms in total. The van der Waals surface area contributed by atoms with Crippen LogP contribution in [0.15, 0.2) is 16.2 Å². The molecule has 0 spiro atoms. The van der Waals surface area contributed by atoms with E-state index in [9.17, 15) is 0 Å². The van der Waals surface area contributed by atoms with Gasteiger partial charge < -0.3 is 15.2 Å². The fraction of sp³-hybridized carbons (Fsp3) is 0.714. The molecular formula is C21H36N8S.